The van der Waals surface area contributed by atoms with E-state index in [-0.39, 0.29) is 11.7 Å². The van der Waals surface area contributed by atoms with Gasteiger partial charge in [0.25, 0.3) is 5.91 Å². The molecule has 2 aromatic carbocycles. The van der Waals surface area contributed by atoms with E-state index < -0.39 is 42.2 Å². The number of unbranched alkanes of at least 4 members (excludes halogenated alkanes) is 1. The van der Waals surface area contributed by atoms with Gasteiger partial charge in [0.1, 0.15) is 29.7 Å². The van der Waals surface area contributed by atoms with Gasteiger partial charge < -0.3 is 25.2 Å². The monoisotopic (exact) mass is 604 g/mol. The van der Waals surface area contributed by atoms with Gasteiger partial charge in [0, 0.05) is 12.0 Å². The molecule has 1 amide bonds. The zero-order valence-corrected chi connectivity index (χ0v) is 24.4. The average molecular weight is 605 g/mol. The molecule has 6 rings (SSSR count). The van der Waals surface area contributed by atoms with Gasteiger partial charge in [0.05, 0.1) is 6.54 Å². The van der Waals surface area contributed by atoms with Crippen molar-refractivity contribution in [3.05, 3.63) is 54.1 Å². The summed E-state index contributed by atoms with van der Waals surface area (Å²) >= 11 is 0. The quantitative estimate of drug-likeness (QED) is 0.283. The Balaban J connectivity index is 1.22. The maximum absolute atomic E-state index is 13.5. The van der Waals surface area contributed by atoms with E-state index in [1.165, 1.54) is 0 Å². The molecule has 3 heterocycles. The van der Waals surface area contributed by atoms with E-state index in [1.807, 2.05) is 53.4 Å². The Hall–Kier alpha value is -4.04. The Labute approximate surface area is 253 Å². The van der Waals surface area contributed by atoms with Crippen molar-refractivity contribution >= 4 is 17.7 Å². The normalized spacial score (nSPS) is 26.4. The van der Waals surface area contributed by atoms with Crippen LogP contribution < -0.4 is 0 Å². The fourth-order valence-corrected chi connectivity index (χ4v) is 6.30. The van der Waals surface area contributed by atoms with Crippen LogP contribution in [0.4, 0.5) is 0 Å². The van der Waals surface area contributed by atoms with E-state index in [1.54, 1.807) is 0 Å². The first-order valence-corrected chi connectivity index (χ1v) is 15.0. The number of hydrogen-bond donors (Lipinski definition) is 4. The van der Waals surface area contributed by atoms with Crippen LogP contribution in [0.2, 0.25) is 0 Å². The van der Waals surface area contributed by atoms with Gasteiger partial charge in [-0.25, -0.2) is 4.79 Å². The number of aliphatic carboxylic acids is 1. The molecule has 1 aromatic heterocycles. The molecule has 232 valence electrons. The number of carboxylic acids is 1. The Kier molecular flexibility index (Phi) is 8.29. The number of aliphatic imine (C=N–C) groups is 1. The summed E-state index contributed by atoms with van der Waals surface area (Å²) in [5, 5.41) is 52.4. The van der Waals surface area contributed by atoms with Gasteiger partial charge >= 0.3 is 5.97 Å². The molecule has 1 saturated carbocycles. The molecule has 1 saturated heterocycles. The SMILES string of the molecule is CCCCC1=NC2(CCCC2)C(=O)N1Cc1ccc(-c2ccccc2-c2nnn([C@@H]3O[C@H](C(=O)O)[C@@H](O)[C@H](O)[C@H]3O)n2)cc1. The number of amidine groups is 1. The molecule has 1 aliphatic carbocycles. The number of ether oxygens (including phenoxy) is 1. The number of amides is 1. The van der Waals surface area contributed by atoms with E-state index in [0.717, 1.165) is 72.3 Å². The summed E-state index contributed by atoms with van der Waals surface area (Å²) in [5.74, 6) is -0.298. The molecule has 13 nitrogen and oxygen atoms in total. The van der Waals surface area contributed by atoms with Gasteiger partial charge in [0.2, 0.25) is 12.1 Å². The highest BCUT2D eigenvalue weighted by atomic mass is 16.6. The third kappa shape index (κ3) is 5.40. The van der Waals surface area contributed by atoms with Crippen LogP contribution in [0, 0.1) is 0 Å². The summed E-state index contributed by atoms with van der Waals surface area (Å²) in [5.41, 5.74) is 2.71. The number of nitrogens with zero attached hydrogens (tertiary/aromatic N) is 6. The number of aromatic nitrogens is 4. The number of carbonyl (C=O) groups is 2. The average Bonchev–Trinajstić information content (AvgIpc) is 3.77. The predicted octanol–water partition coefficient (Wildman–Crippen LogP) is 2.32. The zero-order chi connectivity index (χ0) is 31.0. The van der Waals surface area contributed by atoms with E-state index in [9.17, 15) is 30.0 Å². The lowest BCUT2D eigenvalue weighted by molar-refractivity contribution is -0.251. The highest BCUT2D eigenvalue weighted by molar-refractivity contribution is 6.08. The molecule has 44 heavy (non-hydrogen) atoms. The van der Waals surface area contributed by atoms with Crippen molar-refractivity contribution in [2.45, 2.75) is 94.6 Å². The molecule has 1 spiro atoms. The van der Waals surface area contributed by atoms with Crippen LogP contribution in [0.25, 0.3) is 22.5 Å². The lowest BCUT2D eigenvalue weighted by Crippen LogP contribution is -2.58. The van der Waals surface area contributed by atoms with Crippen molar-refractivity contribution in [3.8, 4) is 22.5 Å². The van der Waals surface area contributed by atoms with Crippen LogP contribution in [0.15, 0.2) is 53.5 Å². The molecule has 0 radical (unpaired) electrons. The van der Waals surface area contributed by atoms with Gasteiger partial charge in [-0.2, -0.15) is 0 Å². The highest BCUT2D eigenvalue weighted by Crippen LogP contribution is 2.40. The minimum Gasteiger partial charge on any atom is -0.479 e. The summed E-state index contributed by atoms with van der Waals surface area (Å²) in [6.45, 7) is 2.60. The van der Waals surface area contributed by atoms with Crippen molar-refractivity contribution in [2.75, 3.05) is 0 Å². The molecular weight excluding hydrogens is 568 g/mol. The standard InChI is InChI=1S/C31H36N6O7/c1-2-3-10-22-32-31(15-6-7-16-31)30(43)36(22)17-18-11-13-19(14-12-18)20-8-4-5-9-21(20)27-33-35-37(34-27)28-25(40)23(38)24(39)26(44-28)29(41)42/h4-5,8-9,11-14,23-26,28,38-40H,2-3,6-7,10,15-17H2,1H3,(H,41,42)/t23-,24-,25+,26-,28+/m0/s1. The topological polar surface area (TPSA) is 183 Å². The van der Waals surface area contributed by atoms with Crippen LogP contribution in [0.1, 0.15) is 63.7 Å². The predicted molar refractivity (Wildman–Crippen MR) is 157 cm³/mol. The van der Waals surface area contributed by atoms with Gasteiger partial charge in [-0.05, 0) is 41.2 Å². The first kappa shape index (κ1) is 30.0. The summed E-state index contributed by atoms with van der Waals surface area (Å²) in [4.78, 5) is 32.8. The summed E-state index contributed by atoms with van der Waals surface area (Å²) in [6.07, 6.45) is -2.05. The molecule has 2 fully saturated rings. The van der Waals surface area contributed by atoms with E-state index >= 15 is 0 Å². The first-order chi connectivity index (χ1) is 21.2. The number of aliphatic hydroxyl groups is 3. The van der Waals surface area contributed by atoms with Crippen LogP contribution >= 0.6 is 0 Å². The van der Waals surface area contributed by atoms with Gasteiger partial charge in [-0.15, -0.1) is 15.0 Å². The summed E-state index contributed by atoms with van der Waals surface area (Å²) < 4.78 is 5.33. The van der Waals surface area contributed by atoms with Crippen molar-refractivity contribution in [2.24, 2.45) is 4.99 Å². The van der Waals surface area contributed by atoms with Crippen molar-refractivity contribution in [1.82, 2.24) is 25.1 Å². The second-order valence-electron chi connectivity index (χ2n) is 11.7. The minimum absolute atomic E-state index is 0.119. The third-order valence-electron chi connectivity index (χ3n) is 8.74. The largest absolute Gasteiger partial charge is 0.479 e. The van der Waals surface area contributed by atoms with Crippen LogP contribution in [-0.4, -0.2) is 93.2 Å². The van der Waals surface area contributed by atoms with Crippen molar-refractivity contribution < 1.29 is 34.8 Å². The van der Waals surface area contributed by atoms with Gasteiger partial charge in [-0.3, -0.25) is 14.7 Å². The molecule has 3 aliphatic rings. The fraction of sp³-hybridized carbons (Fsp3) is 0.484. The molecule has 0 bridgehead atoms. The molecule has 0 unspecified atom stereocenters. The van der Waals surface area contributed by atoms with Gasteiger partial charge in [-0.1, -0.05) is 74.7 Å². The zero-order valence-electron chi connectivity index (χ0n) is 24.4. The van der Waals surface area contributed by atoms with Crippen LogP contribution in [-0.2, 0) is 20.9 Å². The smallest absolute Gasteiger partial charge is 0.335 e. The molecule has 13 heteroatoms. The second-order valence-corrected chi connectivity index (χ2v) is 11.7. The first-order valence-electron chi connectivity index (χ1n) is 15.0. The maximum Gasteiger partial charge on any atom is 0.335 e. The van der Waals surface area contributed by atoms with Crippen LogP contribution in [0.5, 0.6) is 0 Å². The highest BCUT2D eigenvalue weighted by Gasteiger charge is 2.50. The minimum atomic E-state index is -1.83. The number of hydrogen-bond acceptors (Lipinski definition) is 10. The van der Waals surface area contributed by atoms with E-state index in [2.05, 4.69) is 22.3 Å². The molecular formula is C31H36N6O7. The van der Waals surface area contributed by atoms with Crippen molar-refractivity contribution in [1.29, 1.82) is 0 Å². The number of carboxylic acid groups (broad SMARTS) is 1. The number of carbonyl (C=O) groups excluding carboxylic acids is 1. The molecule has 3 aromatic rings. The summed E-state index contributed by atoms with van der Waals surface area (Å²) in [7, 11) is 0. The lowest BCUT2D eigenvalue weighted by atomic mass is 9.97. The molecule has 4 N–H and O–H groups in total. The van der Waals surface area contributed by atoms with E-state index in [0.29, 0.717) is 12.1 Å². The second kappa shape index (κ2) is 12.2. The number of tetrazole rings is 1. The number of aliphatic hydroxyl groups excluding tert-OH is 3. The Morgan fingerprint density at radius 2 is 1.70 bits per heavy atom. The lowest BCUT2D eigenvalue weighted by Gasteiger charge is -2.37. The summed E-state index contributed by atoms with van der Waals surface area (Å²) in [6, 6.07) is 15.3. The number of rotatable bonds is 9. The van der Waals surface area contributed by atoms with E-state index in [4.69, 9.17) is 9.73 Å². The third-order valence-corrected chi connectivity index (χ3v) is 8.74. The maximum atomic E-state index is 13.5. The van der Waals surface area contributed by atoms with Crippen molar-refractivity contribution in [3.63, 3.8) is 0 Å². The number of benzene rings is 2. The molecule has 5 atom stereocenters. The van der Waals surface area contributed by atoms with Crippen LogP contribution in [0.3, 0.4) is 0 Å². The Bertz CT molecular complexity index is 1550. The molecule has 2 aliphatic heterocycles. The fourth-order valence-electron chi connectivity index (χ4n) is 6.30. The van der Waals surface area contributed by atoms with Gasteiger partial charge in [0.15, 0.2) is 6.10 Å². The Morgan fingerprint density at radius 3 is 2.39 bits per heavy atom. The Morgan fingerprint density at radius 1 is 1.00 bits per heavy atom.